The van der Waals surface area contributed by atoms with Crippen molar-refractivity contribution in [1.29, 1.82) is 5.26 Å². The minimum Gasteiger partial charge on any atom is -0.490 e. The number of nitrogens with one attached hydrogen (secondary N) is 1. The fourth-order valence-electron chi connectivity index (χ4n) is 1.93. The van der Waals surface area contributed by atoms with Crippen molar-refractivity contribution in [3.8, 4) is 17.6 Å². The molecule has 0 fully saturated rings. The molecule has 0 atom stereocenters. The third-order valence-electron chi connectivity index (χ3n) is 2.99. The zero-order valence-corrected chi connectivity index (χ0v) is 13.3. The number of nitriles is 1. The van der Waals surface area contributed by atoms with E-state index >= 15 is 0 Å². The zero-order valence-electron chi connectivity index (χ0n) is 13.3. The van der Waals surface area contributed by atoms with Crippen LogP contribution in [0.5, 0.6) is 11.5 Å². The van der Waals surface area contributed by atoms with Crippen molar-refractivity contribution in [3.63, 3.8) is 0 Å². The Morgan fingerprint density at radius 2 is 2.05 bits per heavy atom. The topological polar surface area (TPSA) is 54.3 Å². The number of hydrogen-bond donors (Lipinski definition) is 1. The lowest BCUT2D eigenvalue weighted by Crippen LogP contribution is -2.22. The third-order valence-corrected chi connectivity index (χ3v) is 2.99. The zero-order chi connectivity index (χ0) is 15.5. The molecule has 0 amide bonds. The summed E-state index contributed by atoms with van der Waals surface area (Å²) in [4.78, 5) is 0. The first-order valence-corrected chi connectivity index (χ1v) is 7.66. The van der Waals surface area contributed by atoms with E-state index in [4.69, 9.17) is 14.7 Å². The molecule has 1 rings (SSSR count). The molecule has 0 aromatic heterocycles. The lowest BCUT2D eigenvalue weighted by atomic mass is 10.1. The lowest BCUT2D eigenvalue weighted by Gasteiger charge is -2.17. The molecule has 0 aliphatic rings. The average molecular weight is 290 g/mol. The Balaban J connectivity index is 2.72. The normalized spacial score (nSPS) is 10.4. The standard InChI is InChI=1S/C17H26N2O2/c1-4-20-16-10-8-9-15(13-19-14(2)3)17(16)21-12-7-5-6-11-18/h8-10,14,19H,4-7,12-13H2,1-3H3. The van der Waals surface area contributed by atoms with Gasteiger partial charge in [-0.3, -0.25) is 0 Å². The molecule has 0 heterocycles. The number of nitrogens with zero attached hydrogens (tertiary/aromatic N) is 1. The Hall–Kier alpha value is -1.73. The number of hydrogen-bond acceptors (Lipinski definition) is 4. The first-order valence-electron chi connectivity index (χ1n) is 7.66. The molecule has 0 saturated carbocycles. The fourth-order valence-corrected chi connectivity index (χ4v) is 1.93. The number of unbranched alkanes of at least 4 members (excludes halogenated alkanes) is 2. The van der Waals surface area contributed by atoms with Crippen LogP contribution in [0.1, 0.15) is 45.6 Å². The molecule has 0 aliphatic heterocycles. The van der Waals surface area contributed by atoms with Crippen LogP contribution in [0, 0.1) is 11.3 Å². The summed E-state index contributed by atoms with van der Waals surface area (Å²) in [5.41, 5.74) is 1.11. The van der Waals surface area contributed by atoms with Crippen LogP contribution in [-0.2, 0) is 6.54 Å². The molecule has 4 heteroatoms. The van der Waals surface area contributed by atoms with Crippen molar-refractivity contribution in [2.45, 2.75) is 52.6 Å². The largest absolute Gasteiger partial charge is 0.490 e. The van der Waals surface area contributed by atoms with Gasteiger partial charge in [-0.2, -0.15) is 5.26 Å². The molecule has 1 N–H and O–H groups in total. The summed E-state index contributed by atoms with van der Waals surface area (Å²) >= 11 is 0. The SMILES string of the molecule is CCOc1cccc(CNC(C)C)c1OCCCCC#N. The van der Waals surface area contributed by atoms with E-state index in [0.717, 1.165) is 36.4 Å². The van der Waals surface area contributed by atoms with Gasteiger partial charge in [0.15, 0.2) is 11.5 Å². The molecule has 0 radical (unpaired) electrons. The van der Waals surface area contributed by atoms with Gasteiger partial charge in [-0.05, 0) is 25.8 Å². The van der Waals surface area contributed by atoms with E-state index < -0.39 is 0 Å². The minimum absolute atomic E-state index is 0.421. The number of rotatable bonds is 10. The maximum absolute atomic E-state index is 8.54. The van der Waals surface area contributed by atoms with E-state index in [1.807, 2.05) is 19.1 Å². The van der Waals surface area contributed by atoms with Crippen molar-refractivity contribution in [2.24, 2.45) is 0 Å². The number of para-hydroxylation sites is 1. The van der Waals surface area contributed by atoms with Crippen LogP contribution in [-0.4, -0.2) is 19.3 Å². The highest BCUT2D eigenvalue weighted by Gasteiger charge is 2.11. The quantitative estimate of drug-likeness (QED) is 0.668. The van der Waals surface area contributed by atoms with Gasteiger partial charge >= 0.3 is 0 Å². The molecule has 0 aliphatic carbocycles. The maximum atomic E-state index is 8.54. The van der Waals surface area contributed by atoms with E-state index in [9.17, 15) is 0 Å². The van der Waals surface area contributed by atoms with Gasteiger partial charge < -0.3 is 14.8 Å². The highest BCUT2D eigenvalue weighted by atomic mass is 16.5. The van der Waals surface area contributed by atoms with E-state index in [1.54, 1.807) is 0 Å². The van der Waals surface area contributed by atoms with Crippen molar-refractivity contribution < 1.29 is 9.47 Å². The molecule has 1 aromatic carbocycles. The Bertz CT molecular complexity index is 453. The van der Waals surface area contributed by atoms with Gasteiger partial charge in [0.1, 0.15) is 0 Å². The Morgan fingerprint density at radius 1 is 1.24 bits per heavy atom. The second kappa shape index (κ2) is 10.1. The highest BCUT2D eigenvalue weighted by molar-refractivity contribution is 5.46. The summed E-state index contributed by atoms with van der Waals surface area (Å²) in [6.07, 6.45) is 2.33. The number of ether oxygens (including phenoxy) is 2. The molecule has 116 valence electrons. The van der Waals surface area contributed by atoms with Crippen LogP contribution in [0.3, 0.4) is 0 Å². The summed E-state index contributed by atoms with van der Waals surface area (Å²) in [5.74, 6) is 1.62. The first kappa shape index (κ1) is 17.3. The van der Waals surface area contributed by atoms with Gasteiger partial charge in [0, 0.05) is 24.6 Å². The monoisotopic (exact) mass is 290 g/mol. The molecule has 21 heavy (non-hydrogen) atoms. The Labute approximate surface area is 128 Å². The van der Waals surface area contributed by atoms with Gasteiger partial charge in [-0.15, -0.1) is 0 Å². The molecule has 0 spiro atoms. The van der Waals surface area contributed by atoms with E-state index in [1.165, 1.54) is 0 Å². The van der Waals surface area contributed by atoms with Gasteiger partial charge in [-0.1, -0.05) is 26.0 Å². The Kier molecular flexibility index (Phi) is 8.30. The van der Waals surface area contributed by atoms with Crippen LogP contribution in [0.15, 0.2) is 18.2 Å². The predicted molar refractivity (Wildman–Crippen MR) is 84.5 cm³/mol. The summed E-state index contributed by atoms with van der Waals surface area (Å²) in [5, 5.41) is 11.9. The predicted octanol–water partition coefficient (Wildman–Crippen LogP) is 3.66. The molecule has 0 unspecified atom stereocenters. The van der Waals surface area contributed by atoms with Gasteiger partial charge in [0.25, 0.3) is 0 Å². The van der Waals surface area contributed by atoms with E-state index in [-0.39, 0.29) is 0 Å². The number of benzene rings is 1. The fraction of sp³-hybridized carbons (Fsp3) is 0.588. The van der Waals surface area contributed by atoms with Crippen LogP contribution < -0.4 is 14.8 Å². The minimum atomic E-state index is 0.421. The smallest absolute Gasteiger partial charge is 0.165 e. The summed E-state index contributed by atoms with van der Waals surface area (Å²) in [6.45, 7) is 8.19. The van der Waals surface area contributed by atoms with E-state index in [0.29, 0.717) is 25.7 Å². The van der Waals surface area contributed by atoms with Crippen molar-refractivity contribution in [2.75, 3.05) is 13.2 Å². The van der Waals surface area contributed by atoms with Crippen LogP contribution in [0.2, 0.25) is 0 Å². The molecule has 0 bridgehead atoms. The van der Waals surface area contributed by atoms with Gasteiger partial charge in [0.2, 0.25) is 0 Å². The summed E-state index contributed by atoms with van der Waals surface area (Å²) in [7, 11) is 0. The van der Waals surface area contributed by atoms with Gasteiger partial charge in [-0.25, -0.2) is 0 Å². The molecular formula is C17H26N2O2. The molecule has 1 aromatic rings. The first-order chi connectivity index (χ1) is 10.2. The second-order valence-electron chi connectivity index (χ2n) is 5.18. The van der Waals surface area contributed by atoms with Crippen molar-refractivity contribution >= 4 is 0 Å². The molecule has 4 nitrogen and oxygen atoms in total. The summed E-state index contributed by atoms with van der Waals surface area (Å²) in [6, 6.07) is 8.56. The van der Waals surface area contributed by atoms with Crippen LogP contribution >= 0.6 is 0 Å². The van der Waals surface area contributed by atoms with Gasteiger partial charge in [0.05, 0.1) is 19.3 Å². The molecular weight excluding hydrogens is 264 g/mol. The third kappa shape index (κ3) is 6.50. The molecule has 0 saturated heterocycles. The van der Waals surface area contributed by atoms with Crippen LogP contribution in [0.4, 0.5) is 0 Å². The van der Waals surface area contributed by atoms with Crippen LogP contribution in [0.25, 0.3) is 0 Å². The van der Waals surface area contributed by atoms with Crippen molar-refractivity contribution in [3.05, 3.63) is 23.8 Å². The second-order valence-corrected chi connectivity index (χ2v) is 5.18. The maximum Gasteiger partial charge on any atom is 0.165 e. The summed E-state index contributed by atoms with van der Waals surface area (Å²) < 4.78 is 11.6. The van der Waals surface area contributed by atoms with E-state index in [2.05, 4.69) is 31.3 Å². The Morgan fingerprint density at radius 3 is 2.71 bits per heavy atom. The average Bonchev–Trinajstić information content (AvgIpc) is 2.46. The highest BCUT2D eigenvalue weighted by Crippen LogP contribution is 2.31. The lowest BCUT2D eigenvalue weighted by molar-refractivity contribution is 0.268. The van der Waals surface area contributed by atoms with Crippen molar-refractivity contribution in [1.82, 2.24) is 5.32 Å².